The normalized spacial score (nSPS) is 13.7. The molecule has 7 heteroatoms. The SMILES string of the molecule is CCO[Si](CCCCCNCCN)(OCC)OC(C)N. The number of hydrogen-bond donors (Lipinski definition) is 3. The Balaban J connectivity index is 4.06. The molecule has 0 aliphatic carbocycles. The van der Waals surface area contributed by atoms with Crippen molar-refractivity contribution < 1.29 is 13.3 Å². The van der Waals surface area contributed by atoms with Gasteiger partial charge in [-0.15, -0.1) is 0 Å². The zero-order valence-electron chi connectivity index (χ0n) is 13.3. The van der Waals surface area contributed by atoms with Gasteiger partial charge in [-0.3, -0.25) is 0 Å². The third-order valence-corrected chi connectivity index (χ3v) is 5.91. The highest BCUT2D eigenvalue weighted by Gasteiger charge is 2.41. The summed E-state index contributed by atoms with van der Waals surface area (Å²) in [6.45, 7) is 9.50. The van der Waals surface area contributed by atoms with Crippen LogP contribution in [0.3, 0.4) is 0 Å². The van der Waals surface area contributed by atoms with Gasteiger partial charge in [0.25, 0.3) is 0 Å². The first kappa shape index (κ1) is 20.0. The molecule has 0 bridgehead atoms. The van der Waals surface area contributed by atoms with E-state index in [1.165, 1.54) is 0 Å². The van der Waals surface area contributed by atoms with E-state index in [-0.39, 0.29) is 6.23 Å². The molecule has 0 heterocycles. The minimum Gasteiger partial charge on any atom is -0.374 e. The van der Waals surface area contributed by atoms with E-state index in [9.17, 15) is 0 Å². The van der Waals surface area contributed by atoms with Crippen molar-refractivity contribution in [2.24, 2.45) is 11.5 Å². The molecule has 20 heavy (non-hydrogen) atoms. The molecule has 0 saturated carbocycles. The van der Waals surface area contributed by atoms with Crippen LogP contribution in [0.5, 0.6) is 0 Å². The van der Waals surface area contributed by atoms with Gasteiger partial charge in [-0.2, -0.15) is 0 Å². The Morgan fingerprint density at radius 3 is 2.20 bits per heavy atom. The maximum absolute atomic E-state index is 5.81. The molecule has 122 valence electrons. The fourth-order valence-electron chi connectivity index (χ4n) is 2.03. The van der Waals surface area contributed by atoms with Crippen molar-refractivity contribution in [1.82, 2.24) is 5.32 Å². The molecule has 6 nitrogen and oxygen atoms in total. The molecule has 0 amide bonds. The molecule has 0 aromatic heterocycles. The van der Waals surface area contributed by atoms with E-state index < -0.39 is 8.80 Å². The van der Waals surface area contributed by atoms with Gasteiger partial charge < -0.3 is 30.1 Å². The van der Waals surface area contributed by atoms with Gasteiger partial charge in [-0.25, -0.2) is 0 Å². The smallest absolute Gasteiger partial charge is 0.374 e. The van der Waals surface area contributed by atoms with Crippen molar-refractivity contribution in [2.45, 2.75) is 52.3 Å². The van der Waals surface area contributed by atoms with Crippen LogP contribution in [-0.4, -0.2) is 47.9 Å². The molecule has 0 spiro atoms. The van der Waals surface area contributed by atoms with Crippen LogP contribution in [0.25, 0.3) is 0 Å². The molecular weight excluding hydrogens is 274 g/mol. The number of rotatable bonds is 14. The highest BCUT2D eigenvalue weighted by Crippen LogP contribution is 2.20. The molecule has 0 rings (SSSR count). The molecule has 5 N–H and O–H groups in total. The second-order valence-corrected chi connectivity index (χ2v) is 7.40. The lowest BCUT2D eigenvalue weighted by Gasteiger charge is -2.30. The predicted octanol–water partition coefficient (Wildman–Crippen LogP) is 1.04. The number of hydrogen-bond acceptors (Lipinski definition) is 6. The largest absolute Gasteiger partial charge is 0.502 e. The van der Waals surface area contributed by atoms with E-state index in [0.29, 0.717) is 19.8 Å². The summed E-state index contributed by atoms with van der Waals surface area (Å²) >= 11 is 0. The fraction of sp³-hybridized carbons (Fsp3) is 1.00. The minimum atomic E-state index is -2.60. The molecule has 1 atom stereocenters. The first-order chi connectivity index (χ1) is 9.60. The number of nitrogens with two attached hydrogens (primary N) is 2. The second-order valence-electron chi connectivity index (χ2n) is 4.72. The zero-order valence-corrected chi connectivity index (χ0v) is 14.3. The van der Waals surface area contributed by atoms with E-state index in [4.69, 9.17) is 24.7 Å². The summed E-state index contributed by atoms with van der Waals surface area (Å²) in [6, 6.07) is 0.826. The van der Waals surface area contributed by atoms with Crippen molar-refractivity contribution in [3.63, 3.8) is 0 Å². The molecule has 0 aliphatic rings. The van der Waals surface area contributed by atoms with Crippen molar-refractivity contribution in [2.75, 3.05) is 32.8 Å². The van der Waals surface area contributed by atoms with Crippen molar-refractivity contribution in [3.05, 3.63) is 0 Å². The van der Waals surface area contributed by atoms with Gasteiger partial charge in [0.2, 0.25) is 0 Å². The van der Waals surface area contributed by atoms with Crippen LogP contribution in [0.1, 0.15) is 40.0 Å². The molecule has 0 aliphatic heterocycles. The van der Waals surface area contributed by atoms with Gasteiger partial charge >= 0.3 is 8.80 Å². The monoisotopic (exact) mass is 307 g/mol. The third kappa shape index (κ3) is 9.81. The van der Waals surface area contributed by atoms with Gasteiger partial charge in [-0.1, -0.05) is 6.42 Å². The summed E-state index contributed by atoms with van der Waals surface area (Å²) in [6.07, 6.45) is 2.92. The van der Waals surface area contributed by atoms with Crippen LogP contribution in [0.2, 0.25) is 6.04 Å². The Kier molecular flexibility index (Phi) is 12.7. The molecule has 1 unspecified atom stereocenters. The predicted molar refractivity (Wildman–Crippen MR) is 84.3 cm³/mol. The molecular formula is C13H33N3O3Si. The summed E-state index contributed by atoms with van der Waals surface area (Å²) in [7, 11) is -2.60. The van der Waals surface area contributed by atoms with Crippen molar-refractivity contribution >= 4 is 8.80 Å². The van der Waals surface area contributed by atoms with Crippen LogP contribution in [0.15, 0.2) is 0 Å². The van der Waals surface area contributed by atoms with Crippen LogP contribution in [0, 0.1) is 0 Å². The summed E-state index contributed by atoms with van der Waals surface area (Å²) in [5.74, 6) is 0. The zero-order chi connectivity index (χ0) is 15.3. The van der Waals surface area contributed by atoms with Gasteiger partial charge in [-0.05, 0) is 40.2 Å². The van der Waals surface area contributed by atoms with Crippen LogP contribution >= 0.6 is 0 Å². The van der Waals surface area contributed by atoms with Gasteiger partial charge in [0.05, 0.1) is 6.23 Å². The maximum atomic E-state index is 5.81. The van der Waals surface area contributed by atoms with Gasteiger partial charge in [0.1, 0.15) is 0 Å². The van der Waals surface area contributed by atoms with Crippen LogP contribution < -0.4 is 16.8 Å². The second kappa shape index (κ2) is 12.7. The molecule has 0 radical (unpaired) electrons. The van der Waals surface area contributed by atoms with E-state index in [2.05, 4.69) is 5.32 Å². The Morgan fingerprint density at radius 1 is 1.05 bits per heavy atom. The van der Waals surface area contributed by atoms with E-state index in [1.54, 1.807) is 0 Å². The van der Waals surface area contributed by atoms with Crippen molar-refractivity contribution in [3.8, 4) is 0 Å². The average molecular weight is 308 g/mol. The van der Waals surface area contributed by atoms with E-state index >= 15 is 0 Å². The Bertz CT molecular complexity index is 215. The summed E-state index contributed by atoms with van der Waals surface area (Å²) in [4.78, 5) is 0. The van der Waals surface area contributed by atoms with Gasteiger partial charge in [0.15, 0.2) is 0 Å². The minimum absolute atomic E-state index is 0.356. The van der Waals surface area contributed by atoms with E-state index in [0.717, 1.165) is 38.4 Å². The number of nitrogens with one attached hydrogen (secondary N) is 1. The Labute approximate surface area is 124 Å². The lowest BCUT2D eigenvalue weighted by molar-refractivity contribution is 0.0400. The van der Waals surface area contributed by atoms with E-state index in [1.807, 2.05) is 20.8 Å². The lowest BCUT2D eigenvalue weighted by atomic mass is 10.2. The Hall–Kier alpha value is -0.0231. The first-order valence-electron chi connectivity index (χ1n) is 7.72. The van der Waals surface area contributed by atoms with Crippen LogP contribution in [-0.2, 0) is 13.3 Å². The van der Waals surface area contributed by atoms with Crippen molar-refractivity contribution in [1.29, 1.82) is 0 Å². The quantitative estimate of drug-likeness (QED) is 0.252. The lowest BCUT2D eigenvalue weighted by Crippen LogP contribution is -2.49. The summed E-state index contributed by atoms with van der Waals surface area (Å²) < 4.78 is 17.4. The maximum Gasteiger partial charge on any atom is 0.502 e. The summed E-state index contributed by atoms with van der Waals surface area (Å²) in [5.41, 5.74) is 11.2. The summed E-state index contributed by atoms with van der Waals surface area (Å²) in [5, 5.41) is 3.29. The fourth-order valence-corrected chi connectivity index (χ4v) is 4.79. The average Bonchev–Trinajstić information content (AvgIpc) is 2.37. The molecule has 0 fully saturated rings. The molecule has 0 saturated heterocycles. The van der Waals surface area contributed by atoms with Gasteiger partial charge in [0, 0.05) is 32.3 Å². The first-order valence-corrected chi connectivity index (χ1v) is 9.65. The van der Waals surface area contributed by atoms with Crippen LogP contribution in [0.4, 0.5) is 0 Å². The highest BCUT2D eigenvalue weighted by molar-refractivity contribution is 6.60. The topological polar surface area (TPSA) is 91.8 Å². The molecule has 0 aromatic carbocycles. The third-order valence-electron chi connectivity index (χ3n) is 2.75. The standard InChI is InChI=1S/C13H33N3O3Si/c1-4-17-20(18-5-2,19-13(3)15)12-8-6-7-10-16-11-9-14/h13,16H,4-12,14-15H2,1-3H3. The number of unbranched alkanes of at least 4 members (excludes halogenated alkanes) is 2. The molecule has 0 aromatic rings. The Morgan fingerprint density at radius 2 is 1.70 bits per heavy atom. The highest BCUT2D eigenvalue weighted by atomic mass is 28.4.